The number of likely N-dealkylation sites (N-methyl/N-ethyl adjacent to an activating group) is 1. The number of halogens is 1. The second-order valence-corrected chi connectivity index (χ2v) is 6.11. The summed E-state index contributed by atoms with van der Waals surface area (Å²) >= 11 is 3.38. The molecule has 2 rings (SSSR count). The van der Waals surface area contributed by atoms with Crippen molar-refractivity contribution >= 4 is 21.8 Å². The molecule has 0 aliphatic carbocycles. The van der Waals surface area contributed by atoms with Crippen LogP contribution in [-0.2, 0) is 0 Å². The molecule has 1 saturated heterocycles. The second kappa shape index (κ2) is 6.03. The van der Waals surface area contributed by atoms with Crippen LogP contribution < -0.4 is 0 Å². The topological polar surface area (TPSA) is 43.8 Å². The lowest BCUT2D eigenvalue weighted by molar-refractivity contribution is 0.0779. The molecule has 0 aromatic heterocycles. The molecule has 1 aliphatic heterocycles. The van der Waals surface area contributed by atoms with Crippen molar-refractivity contribution in [2.24, 2.45) is 5.92 Å². The van der Waals surface area contributed by atoms with E-state index in [2.05, 4.69) is 20.8 Å². The third-order valence-corrected chi connectivity index (χ3v) is 4.16. The Balaban J connectivity index is 2.13. The molecule has 4 nitrogen and oxygen atoms in total. The number of benzene rings is 1. The normalized spacial score (nSPS) is 23.1. The van der Waals surface area contributed by atoms with Gasteiger partial charge >= 0.3 is 0 Å². The molecule has 1 aromatic rings. The summed E-state index contributed by atoms with van der Waals surface area (Å²) in [5.74, 6) is 0.162. The Hall–Kier alpha value is -0.910. The predicted octanol–water partition coefficient (Wildman–Crippen LogP) is 1.44. The number of likely N-dealkylation sites (tertiary alicyclic amines) is 1. The van der Waals surface area contributed by atoms with Crippen molar-refractivity contribution in [1.29, 1.82) is 0 Å². The summed E-state index contributed by atoms with van der Waals surface area (Å²) in [4.78, 5) is 16.3. The van der Waals surface area contributed by atoms with E-state index in [1.165, 1.54) is 0 Å². The first-order chi connectivity index (χ1) is 9.02. The average molecular weight is 327 g/mol. The van der Waals surface area contributed by atoms with E-state index >= 15 is 0 Å². The first kappa shape index (κ1) is 14.5. The Labute approximate surface area is 122 Å². The summed E-state index contributed by atoms with van der Waals surface area (Å²) < 4.78 is 0.903. The average Bonchev–Trinajstić information content (AvgIpc) is 2.82. The number of hydrogen-bond acceptors (Lipinski definition) is 3. The van der Waals surface area contributed by atoms with Crippen molar-refractivity contribution in [2.45, 2.75) is 6.04 Å². The molecule has 5 heteroatoms. The largest absolute Gasteiger partial charge is 0.396 e. The van der Waals surface area contributed by atoms with Gasteiger partial charge in [0.15, 0.2) is 0 Å². The van der Waals surface area contributed by atoms with Gasteiger partial charge in [-0.3, -0.25) is 4.79 Å². The van der Waals surface area contributed by atoms with Gasteiger partial charge in [-0.15, -0.1) is 0 Å². The molecule has 1 fully saturated rings. The van der Waals surface area contributed by atoms with Gasteiger partial charge in [0.25, 0.3) is 5.91 Å². The van der Waals surface area contributed by atoms with Gasteiger partial charge < -0.3 is 14.9 Å². The van der Waals surface area contributed by atoms with Crippen LogP contribution in [0.2, 0.25) is 0 Å². The van der Waals surface area contributed by atoms with Gasteiger partial charge in [-0.2, -0.15) is 0 Å². The van der Waals surface area contributed by atoms with Gasteiger partial charge in [0.1, 0.15) is 0 Å². The van der Waals surface area contributed by atoms with E-state index in [0.717, 1.165) is 4.47 Å². The molecule has 0 radical (unpaired) electrons. The van der Waals surface area contributed by atoms with E-state index in [1.54, 1.807) is 0 Å². The summed E-state index contributed by atoms with van der Waals surface area (Å²) in [5, 5.41) is 9.43. The van der Waals surface area contributed by atoms with Crippen LogP contribution in [0.1, 0.15) is 10.4 Å². The number of rotatable bonds is 3. The van der Waals surface area contributed by atoms with E-state index < -0.39 is 0 Å². The quantitative estimate of drug-likeness (QED) is 0.914. The molecule has 1 aliphatic rings. The Morgan fingerprint density at radius 2 is 2.21 bits per heavy atom. The zero-order chi connectivity index (χ0) is 14.0. The minimum Gasteiger partial charge on any atom is -0.396 e. The van der Waals surface area contributed by atoms with Crippen LogP contribution in [0.15, 0.2) is 28.7 Å². The van der Waals surface area contributed by atoms with E-state index in [1.807, 2.05) is 43.3 Å². The van der Waals surface area contributed by atoms with Crippen LogP contribution in [0.3, 0.4) is 0 Å². The minimum atomic E-state index is 0.0316. The van der Waals surface area contributed by atoms with Gasteiger partial charge in [-0.05, 0) is 32.3 Å². The fourth-order valence-electron chi connectivity index (χ4n) is 2.59. The van der Waals surface area contributed by atoms with Crippen molar-refractivity contribution in [3.05, 3.63) is 34.3 Å². The lowest BCUT2D eigenvalue weighted by Crippen LogP contribution is -2.37. The van der Waals surface area contributed by atoms with Crippen molar-refractivity contribution in [3.8, 4) is 0 Å². The number of nitrogens with zero attached hydrogens (tertiary/aromatic N) is 2. The molecule has 0 unspecified atom stereocenters. The highest BCUT2D eigenvalue weighted by molar-refractivity contribution is 9.10. The van der Waals surface area contributed by atoms with Gasteiger partial charge in [0, 0.05) is 41.7 Å². The van der Waals surface area contributed by atoms with Gasteiger partial charge in [0.2, 0.25) is 0 Å². The molecule has 0 saturated carbocycles. The Kier molecular flexibility index (Phi) is 4.60. The van der Waals surface area contributed by atoms with Crippen LogP contribution in [0.4, 0.5) is 0 Å². The number of carbonyl (C=O) groups is 1. The second-order valence-electron chi connectivity index (χ2n) is 5.19. The van der Waals surface area contributed by atoms with Crippen LogP contribution in [0.25, 0.3) is 0 Å². The van der Waals surface area contributed by atoms with E-state index in [-0.39, 0.29) is 24.5 Å². The number of hydrogen-bond donors (Lipinski definition) is 1. The van der Waals surface area contributed by atoms with Crippen LogP contribution in [-0.4, -0.2) is 60.6 Å². The maximum Gasteiger partial charge on any atom is 0.253 e. The SMILES string of the molecule is CN(C)[C@@H]1CN(C(=O)c2cccc(Br)c2)C[C@H]1CO. The molecule has 1 amide bonds. The van der Waals surface area contributed by atoms with Crippen molar-refractivity contribution in [1.82, 2.24) is 9.80 Å². The molecule has 0 bridgehead atoms. The molecule has 104 valence electrons. The number of aliphatic hydroxyl groups excluding tert-OH is 1. The van der Waals surface area contributed by atoms with Crippen molar-refractivity contribution in [3.63, 3.8) is 0 Å². The number of carbonyl (C=O) groups excluding carboxylic acids is 1. The minimum absolute atomic E-state index is 0.0316. The molecule has 1 N–H and O–H groups in total. The Morgan fingerprint density at radius 1 is 1.47 bits per heavy atom. The van der Waals surface area contributed by atoms with Gasteiger partial charge in [-0.25, -0.2) is 0 Å². The summed E-state index contributed by atoms with van der Waals surface area (Å²) in [5.41, 5.74) is 0.686. The highest BCUT2D eigenvalue weighted by Gasteiger charge is 2.36. The summed E-state index contributed by atoms with van der Waals surface area (Å²) in [6, 6.07) is 7.64. The smallest absolute Gasteiger partial charge is 0.253 e. The number of amides is 1. The molecule has 0 spiro atoms. The molecular weight excluding hydrogens is 308 g/mol. The summed E-state index contributed by atoms with van der Waals surface area (Å²) in [7, 11) is 3.97. The van der Waals surface area contributed by atoms with Crippen LogP contribution >= 0.6 is 15.9 Å². The zero-order valence-corrected chi connectivity index (χ0v) is 12.8. The van der Waals surface area contributed by atoms with Crippen LogP contribution in [0.5, 0.6) is 0 Å². The fourth-order valence-corrected chi connectivity index (χ4v) is 2.99. The van der Waals surface area contributed by atoms with Gasteiger partial charge in [-0.1, -0.05) is 22.0 Å². The number of aliphatic hydroxyl groups is 1. The highest BCUT2D eigenvalue weighted by Crippen LogP contribution is 2.23. The van der Waals surface area contributed by atoms with Crippen LogP contribution in [0, 0.1) is 5.92 Å². The zero-order valence-electron chi connectivity index (χ0n) is 11.2. The Bertz CT molecular complexity index is 465. The summed E-state index contributed by atoms with van der Waals surface area (Å²) in [6.07, 6.45) is 0. The lowest BCUT2D eigenvalue weighted by atomic mass is 10.0. The van der Waals surface area contributed by atoms with E-state index in [0.29, 0.717) is 18.7 Å². The molecule has 1 aromatic carbocycles. The molecule has 2 atom stereocenters. The molecule has 19 heavy (non-hydrogen) atoms. The third kappa shape index (κ3) is 3.16. The highest BCUT2D eigenvalue weighted by atomic mass is 79.9. The first-order valence-corrected chi connectivity index (χ1v) is 7.14. The standard InChI is InChI=1S/C14H19BrN2O2/c1-16(2)13-8-17(7-11(13)9-18)14(19)10-4-3-5-12(15)6-10/h3-6,11,13,18H,7-9H2,1-2H3/t11-,13+/m0/s1. The van der Waals surface area contributed by atoms with E-state index in [9.17, 15) is 9.90 Å². The maximum absolute atomic E-state index is 12.4. The summed E-state index contributed by atoms with van der Waals surface area (Å²) in [6.45, 7) is 1.40. The lowest BCUT2D eigenvalue weighted by Gasteiger charge is -2.23. The third-order valence-electron chi connectivity index (χ3n) is 3.66. The predicted molar refractivity (Wildman–Crippen MR) is 78.1 cm³/mol. The Morgan fingerprint density at radius 3 is 2.74 bits per heavy atom. The fraction of sp³-hybridized carbons (Fsp3) is 0.500. The molecular formula is C14H19BrN2O2. The van der Waals surface area contributed by atoms with Gasteiger partial charge in [0.05, 0.1) is 0 Å². The monoisotopic (exact) mass is 326 g/mol. The van der Waals surface area contributed by atoms with E-state index in [4.69, 9.17) is 0 Å². The van der Waals surface area contributed by atoms with Crippen molar-refractivity contribution in [2.75, 3.05) is 33.8 Å². The maximum atomic E-state index is 12.4. The van der Waals surface area contributed by atoms with Crippen molar-refractivity contribution < 1.29 is 9.90 Å². The molecule has 1 heterocycles. The first-order valence-electron chi connectivity index (χ1n) is 6.35.